The number of nitrogens with zero attached hydrogens (tertiary/aromatic N) is 4. The number of pyridine rings is 2. The minimum atomic E-state index is -0.511. The highest BCUT2D eigenvalue weighted by molar-refractivity contribution is 6.03. The number of hydrogen-bond acceptors (Lipinski definition) is 4. The van der Waals surface area contributed by atoms with E-state index in [2.05, 4.69) is 23.2 Å². The number of aromatic nitrogens is 4. The predicted octanol–water partition coefficient (Wildman–Crippen LogP) is 7.87. The molecular weight excluding hydrogens is 459 g/mol. The van der Waals surface area contributed by atoms with E-state index in [1.807, 2.05) is 84.9 Å². The third-order valence-electron chi connectivity index (χ3n) is 6.57. The predicted molar refractivity (Wildman–Crippen MR) is 146 cm³/mol. The molecular formula is C32H19FN4. The largest absolute Gasteiger partial charge is 0.245 e. The molecule has 0 atom stereocenters. The Hall–Kier alpha value is -5.03. The van der Waals surface area contributed by atoms with Gasteiger partial charge in [-0.3, -0.25) is 0 Å². The monoisotopic (exact) mass is 478 g/mol. The molecule has 0 spiro atoms. The fourth-order valence-electron chi connectivity index (χ4n) is 4.72. The van der Waals surface area contributed by atoms with Gasteiger partial charge in [0.05, 0.1) is 27.9 Å². The number of hydrogen-bond donors (Lipinski definition) is 0. The fourth-order valence-corrected chi connectivity index (χ4v) is 4.72. The molecule has 37 heavy (non-hydrogen) atoms. The fraction of sp³-hybridized carbons (Fsp3) is 0. The normalized spacial score (nSPS) is 11.4. The van der Waals surface area contributed by atoms with Crippen LogP contribution >= 0.6 is 0 Å². The molecule has 4 aromatic carbocycles. The van der Waals surface area contributed by atoms with Crippen LogP contribution < -0.4 is 0 Å². The maximum Gasteiger partial charge on any atom is 0.213 e. The average Bonchev–Trinajstić information content (AvgIpc) is 2.97. The van der Waals surface area contributed by atoms with Gasteiger partial charge in [-0.2, -0.15) is 4.39 Å². The maximum atomic E-state index is 13.9. The minimum Gasteiger partial charge on any atom is -0.245 e. The first-order valence-corrected chi connectivity index (χ1v) is 12.0. The second-order valence-corrected chi connectivity index (χ2v) is 8.90. The van der Waals surface area contributed by atoms with Crippen LogP contribution in [0.2, 0.25) is 0 Å². The first-order chi connectivity index (χ1) is 18.2. The molecule has 7 rings (SSSR count). The van der Waals surface area contributed by atoms with Gasteiger partial charge in [0, 0.05) is 32.8 Å². The van der Waals surface area contributed by atoms with Crippen molar-refractivity contribution in [3.63, 3.8) is 0 Å². The lowest BCUT2D eigenvalue weighted by Crippen LogP contribution is -1.95. The molecule has 0 aliphatic rings. The van der Waals surface area contributed by atoms with Crippen LogP contribution in [0.25, 0.3) is 66.6 Å². The summed E-state index contributed by atoms with van der Waals surface area (Å²) >= 11 is 0. The number of rotatable bonds is 3. The van der Waals surface area contributed by atoms with Crippen molar-refractivity contribution in [3.8, 4) is 33.9 Å². The van der Waals surface area contributed by atoms with Crippen molar-refractivity contribution in [1.82, 2.24) is 19.9 Å². The first-order valence-electron chi connectivity index (χ1n) is 12.0. The molecule has 0 saturated carbocycles. The van der Waals surface area contributed by atoms with Gasteiger partial charge in [-0.05, 0) is 24.3 Å². The summed E-state index contributed by atoms with van der Waals surface area (Å²) in [5.41, 5.74) is 6.77. The molecule has 0 aliphatic heterocycles. The van der Waals surface area contributed by atoms with E-state index < -0.39 is 5.95 Å². The number of para-hydroxylation sites is 1. The third kappa shape index (κ3) is 3.78. The van der Waals surface area contributed by atoms with Gasteiger partial charge in [0.25, 0.3) is 0 Å². The number of halogens is 1. The molecule has 0 saturated heterocycles. The van der Waals surface area contributed by atoms with Crippen LogP contribution in [0.4, 0.5) is 4.39 Å². The lowest BCUT2D eigenvalue weighted by Gasteiger charge is -2.10. The van der Waals surface area contributed by atoms with Crippen molar-refractivity contribution >= 4 is 32.7 Å². The summed E-state index contributed by atoms with van der Waals surface area (Å²) in [7, 11) is 0. The van der Waals surface area contributed by atoms with Crippen LogP contribution in [0, 0.1) is 5.95 Å². The zero-order valence-corrected chi connectivity index (χ0v) is 19.6. The molecule has 0 fully saturated rings. The standard InChI is InChI=1S/C32H19FN4/c33-28-19-17-23-15-14-22-16-18-26(34-30(22)31(23)36-28)20-10-12-21(13-11-20)29-25-8-4-5-9-27(25)35-32(37-29)24-6-2-1-3-7-24/h1-19H. The second kappa shape index (κ2) is 8.57. The number of fused-ring (bicyclic) bond motifs is 4. The molecule has 3 heterocycles. The Morgan fingerprint density at radius 1 is 0.459 bits per heavy atom. The second-order valence-electron chi connectivity index (χ2n) is 8.90. The molecule has 7 aromatic rings. The lowest BCUT2D eigenvalue weighted by atomic mass is 10.0. The van der Waals surface area contributed by atoms with Gasteiger partial charge >= 0.3 is 0 Å². The molecule has 0 aliphatic carbocycles. The van der Waals surface area contributed by atoms with E-state index in [0.29, 0.717) is 16.9 Å². The zero-order valence-electron chi connectivity index (χ0n) is 19.6. The quantitative estimate of drug-likeness (QED) is 0.192. The maximum absolute atomic E-state index is 13.9. The van der Waals surface area contributed by atoms with Gasteiger partial charge in [0.2, 0.25) is 5.95 Å². The minimum absolute atomic E-state index is 0.511. The smallest absolute Gasteiger partial charge is 0.213 e. The molecule has 174 valence electrons. The summed E-state index contributed by atoms with van der Waals surface area (Å²) in [5.74, 6) is 0.185. The molecule has 4 nitrogen and oxygen atoms in total. The van der Waals surface area contributed by atoms with Crippen molar-refractivity contribution in [3.05, 3.63) is 121 Å². The summed E-state index contributed by atoms with van der Waals surface area (Å²) in [6.07, 6.45) is 0. The van der Waals surface area contributed by atoms with E-state index >= 15 is 0 Å². The SMILES string of the molecule is Fc1ccc2ccc3ccc(-c4ccc(-c5nc(-c6ccccc6)nc6ccccc56)cc4)nc3c2n1. The summed E-state index contributed by atoms with van der Waals surface area (Å²) in [5, 5.41) is 2.78. The highest BCUT2D eigenvalue weighted by atomic mass is 19.1. The summed E-state index contributed by atoms with van der Waals surface area (Å²) in [4.78, 5) is 18.7. The van der Waals surface area contributed by atoms with E-state index in [9.17, 15) is 4.39 Å². The van der Waals surface area contributed by atoms with Gasteiger partial charge in [-0.1, -0.05) is 91.0 Å². The van der Waals surface area contributed by atoms with Crippen molar-refractivity contribution in [2.75, 3.05) is 0 Å². The van der Waals surface area contributed by atoms with Crippen molar-refractivity contribution < 1.29 is 4.39 Å². The van der Waals surface area contributed by atoms with E-state index in [1.165, 1.54) is 6.07 Å². The Labute approximate surface area is 212 Å². The summed E-state index contributed by atoms with van der Waals surface area (Å²) in [6, 6.07) is 37.3. The third-order valence-corrected chi connectivity index (χ3v) is 6.57. The van der Waals surface area contributed by atoms with Gasteiger partial charge < -0.3 is 0 Å². The van der Waals surface area contributed by atoms with Gasteiger partial charge in [0.1, 0.15) is 0 Å². The highest BCUT2D eigenvalue weighted by Gasteiger charge is 2.12. The summed E-state index contributed by atoms with van der Waals surface area (Å²) in [6.45, 7) is 0. The molecule has 5 heteroatoms. The Bertz CT molecular complexity index is 1930. The lowest BCUT2D eigenvalue weighted by molar-refractivity contribution is 0.589. The van der Waals surface area contributed by atoms with E-state index in [4.69, 9.17) is 15.0 Å². The van der Waals surface area contributed by atoms with Crippen molar-refractivity contribution in [2.24, 2.45) is 0 Å². The van der Waals surface area contributed by atoms with Crippen molar-refractivity contribution in [2.45, 2.75) is 0 Å². The zero-order chi connectivity index (χ0) is 24.8. The van der Waals surface area contributed by atoms with Crippen LogP contribution in [-0.2, 0) is 0 Å². The molecule has 0 unspecified atom stereocenters. The van der Waals surface area contributed by atoms with Crippen molar-refractivity contribution in [1.29, 1.82) is 0 Å². The van der Waals surface area contributed by atoms with Crippen LogP contribution in [0.3, 0.4) is 0 Å². The number of benzene rings is 4. The van der Waals surface area contributed by atoms with Crippen LogP contribution in [0.1, 0.15) is 0 Å². The van der Waals surface area contributed by atoms with Gasteiger partial charge in [-0.25, -0.2) is 19.9 Å². The Kier molecular flexibility index (Phi) is 4.93. The molecule has 3 aromatic heterocycles. The first kappa shape index (κ1) is 21.3. The van der Waals surface area contributed by atoms with Crippen LogP contribution in [0.15, 0.2) is 115 Å². The van der Waals surface area contributed by atoms with Gasteiger partial charge in [0.15, 0.2) is 5.82 Å². The Morgan fingerprint density at radius 3 is 1.92 bits per heavy atom. The molecule has 0 bridgehead atoms. The van der Waals surface area contributed by atoms with E-state index in [-0.39, 0.29) is 0 Å². The van der Waals surface area contributed by atoms with Crippen LogP contribution in [0.5, 0.6) is 0 Å². The van der Waals surface area contributed by atoms with Gasteiger partial charge in [-0.15, -0.1) is 0 Å². The Balaban J connectivity index is 1.34. The Morgan fingerprint density at radius 2 is 1.11 bits per heavy atom. The molecule has 0 radical (unpaired) electrons. The van der Waals surface area contributed by atoms with Crippen LogP contribution in [-0.4, -0.2) is 19.9 Å². The molecule has 0 amide bonds. The average molecular weight is 479 g/mol. The highest BCUT2D eigenvalue weighted by Crippen LogP contribution is 2.31. The molecule has 0 N–H and O–H groups in total. The van der Waals surface area contributed by atoms with E-state index in [0.717, 1.165) is 49.8 Å². The van der Waals surface area contributed by atoms with E-state index in [1.54, 1.807) is 6.07 Å². The summed E-state index contributed by atoms with van der Waals surface area (Å²) < 4.78 is 13.9. The topological polar surface area (TPSA) is 51.6 Å².